The Morgan fingerprint density at radius 2 is 1.94 bits per heavy atom. The van der Waals surface area contributed by atoms with Crippen molar-refractivity contribution in [3.05, 3.63) is 21.8 Å². The molecular weight excluding hydrogens is 315 g/mol. The van der Waals surface area contributed by atoms with Gasteiger partial charge in [-0.3, -0.25) is 4.79 Å². The Bertz CT molecular complexity index is 452. The summed E-state index contributed by atoms with van der Waals surface area (Å²) in [6, 6.07) is 6.12. The lowest BCUT2D eigenvalue weighted by atomic mass is 9.93. The van der Waals surface area contributed by atoms with Crippen LogP contribution in [0.2, 0.25) is 0 Å². The van der Waals surface area contributed by atoms with Gasteiger partial charge in [0.05, 0.1) is 11.4 Å². The van der Waals surface area contributed by atoms with Crippen LogP contribution < -0.4 is 10.6 Å². The molecule has 1 saturated carbocycles. The van der Waals surface area contributed by atoms with Crippen LogP contribution in [0.3, 0.4) is 0 Å². The van der Waals surface area contributed by atoms with E-state index >= 15 is 0 Å². The summed E-state index contributed by atoms with van der Waals surface area (Å²) < 4.78 is 1.14. The summed E-state index contributed by atoms with van der Waals surface area (Å²) in [6.45, 7) is 0. The van der Waals surface area contributed by atoms with E-state index in [2.05, 4.69) is 45.4 Å². The first-order valence-corrected chi connectivity index (χ1v) is 6.67. The number of anilines is 2. The maximum atomic E-state index is 12.1. The summed E-state index contributed by atoms with van der Waals surface area (Å²) >= 11 is 2.25. The molecule has 2 N–H and O–H groups in total. The second-order valence-electron chi connectivity index (χ2n) is 4.56. The number of rotatable bonds is 0. The van der Waals surface area contributed by atoms with Crippen molar-refractivity contribution < 1.29 is 4.79 Å². The molecule has 84 valence electrons. The fraction of sp³-hybridized carbons (Fsp3) is 0.417. The number of hydrogen-bond acceptors (Lipinski definition) is 2. The molecule has 16 heavy (non-hydrogen) atoms. The third-order valence-electron chi connectivity index (χ3n) is 3.50. The molecule has 0 aromatic heterocycles. The Hall–Kier alpha value is -0.780. The highest BCUT2D eigenvalue weighted by Crippen LogP contribution is 2.40. The van der Waals surface area contributed by atoms with Crippen molar-refractivity contribution in [2.24, 2.45) is 0 Å². The maximum Gasteiger partial charge on any atom is 0.250 e. The highest BCUT2D eigenvalue weighted by atomic mass is 127. The smallest absolute Gasteiger partial charge is 0.250 e. The van der Waals surface area contributed by atoms with E-state index in [0.29, 0.717) is 0 Å². The number of nitrogens with one attached hydrogen (secondary N) is 2. The minimum atomic E-state index is -0.334. The Labute approximate surface area is 108 Å². The maximum absolute atomic E-state index is 12.1. The third-order valence-corrected chi connectivity index (χ3v) is 4.17. The molecule has 0 saturated heterocycles. The first-order chi connectivity index (χ1) is 7.70. The van der Waals surface area contributed by atoms with Crippen LogP contribution in [0.4, 0.5) is 11.4 Å². The van der Waals surface area contributed by atoms with Gasteiger partial charge in [0.2, 0.25) is 5.91 Å². The number of halogens is 1. The van der Waals surface area contributed by atoms with Crippen LogP contribution in [0.15, 0.2) is 18.2 Å². The van der Waals surface area contributed by atoms with Gasteiger partial charge in [0.15, 0.2) is 0 Å². The summed E-state index contributed by atoms with van der Waals surface area (Å²) in [6.07, 6.45) is 4.18. The van der Waals surface area contributed by atoms with Gasteiger partial charge in [-0.2, -0.15) is 0 Å². The highest BCUT2D eigenvalue weighted by Gasteiger charge is 2.43. The Morgan fingerprint density at radius 3 is 2.69 bits per heavy atom. The van der Waals surface area contributed by atoms with Gasteiger partial charge in [-0.15, -0.1) is 0 Å². The normalized spacial score (nSPS) is 21.4. The van der Waals surface area contributed by atoms with Crippen LogP contribution in [0.25, 0.3) is 0 Å². The Balaban J connectivity index is 2.01. The van der Waals surface area contributed by atoms with Crippen LogP contribution in [0, 0.1) is 3.57 Å². The van der Waals surface area contributed by atoms with E-state index in [-0.39, 0.29) is 11.4 Å². The van der Waals surface area contributed by atoms with Crippen LogP contribution in [-0.2, 0) is 4.79 Å². The van der Waals surface area contributed by atoms with E-state index in [1.165, 1.54) is 0 Å². The number of benzene rings is 1. The fourth-order valence-electron chi connectivity index (χ4n) is 2.62. The molecule has 3 rings (SSSR count). The topological polar surface area (TPSA) is 41.1 Å². The van der Waals surface area contributed by atoms with Crippen molar-refractivity contribution in [3.8, 4) is 0 Å². The van der Waals surface area contributed by atoms with Crippen LogP contribution in [0.1, 0.15) is 25.7 Å². The first kappa shape index (κ1) is 10.4. The van der Waals surface area contributed by atoms with Gasteiger partial charge in [0.1, 0.15) is 5.54 Å². The van der Waals surface area contributed by atoms with Crippen molar-refractivity contribution in [2.75, 3.05) is 10.6 Å². The molecule has 1 heterocycles. The first-order valence-electron chi connectivity index (χ1n) is 5.59. The second kappa shape index (κ2) is 3.61. The van der Waals surface area contributed by atoms with Gasteiger partial charge < -0.3 is 10.6 Å². The minimum absolute atomic E-state index is 0.138. The van der Waals surface area contributed by atoms with E-state index in [0.717, 1.165) is 40.6 Å². The van der Waals surface area contributed by atoms with E-state index < -0.39 is 0 Å². The fourth-order valence-corrected chi connectivity index (χ4v) is 3.11. The minimum Gasteiger partial charge on any atom is -0.370 e. The quantitative estimate of drug-likeness (QED) is 0.719. The lowest BCUT2D eigenvalue weighted by molar-refractivity contribution is -0.120. The van der Waals surface area contributed by atoms with E-state index in [4.69, 9.17) is 0 Å². The zero-order valence-electron chi connectivity index (χ0n) is 8.85. The monoisotopic (exact) mass is 328 g/mol. The Kier molecular flexibility index (Phi) is 2.34. The Morgan fingerprint density at radius 1 is 1.19 bits per heavy atom. The molecule has 2 aliphatic rings. The van der Waals surface area contributed by atoms with Gasteiger partial charge in [-0.25, -0.2) is 0 Å². The molecule has 1 aliphatic carbocycles. The molecule has 0 atom stereocenters. The van der Waals surface area contributed by atoms with Gasteiger partial charge in [-0.1, -0.05) is 12.8 Å². The molecule has 1 aromatic carbocycles. The summed E-state index contributed by atoms with van der Waals surface area (Å²) in [5.41, 5.74) is 1.64. The molecular formula is C12H13IN2O. The van der Waals surface area contributed by atoms with Crippen LogP contribution >= 0.6 is 22.6 Å². The van der Waals surface area contributed by atoms with Crippen molar-refractivity contribution in [3.63, 3.8) is 0 Å². The molecule has 1 amide bonds. The molecule has 1 aromatic rings. The summed E-state index contributed by atoms with van der Waals surface area (Å²) in [4.78, 5) is 12.1. The largest absolute Gasteiger partial charge is 0.370 e. The summed E-state index contributed by atoms with van der Waals surface area (Å²) in [5.74, 6) is 0.138. The molecule has 4 heteroatoms. The molecule has 1 fully saturated rings. The molecule has 0 unspecified atom stereocenters. The zero-order valence-corrected chi connectivity index (χ0v) is 11.0. The molecule has 0 bridgehead atoms. The number of amides is 1. The summed E-state index contributed by atoms with van der Waals surface area (Å²) in [7, 11) is 0. The third kappa shape index (κ3) is 1.50. The highest BCUT2D eigenvalue weighted by molar-refractivity contribution is 14.1. The lowest BCUT2D eigenvalue weighted by Gasteiger charge is -2.35. The average Bonchev–Trinajstić information content (AvgIpc) is 2.70. The van der Waals surface area contributed by atoms with E-state index in [1.807, 2.05) is 6.07 Å². The molecule has 0 radical (unpaired) electrons. The van der Waals surface area contributed by atoms with Gasteiger partial charge in [0.25, 0.3) is 0 Å². The number of hydrogen-bond donors (Lipinski definition) is 2. The number of carbonyl (C=O) groups is 1. The molecule has 3 nitrogen and oxygen atoms in total. The SMILES string of the molecule is O=C1Nc2cc(I)ccc2NC12CCCC2. The van der Waals surface area contributed by atoms with Crippen molar-refractivity contribution >= 4 is 39.9 Å². The standard InChI is InChI=1S/C12H13IN2O/c13-8-3-4-9-10(7-8)14-11(16)12(15-9)5-1-2-6-12/h3-4,7,15H,1-2,5-6H2,(H,14,16). The van der Waals surface area contributed by atoms with Crippen molar-refractivity contribution in [1.82, 2.24) is 0 Å². The predicted octanol–water partition coefficient (Wildman–Crippen LogP) is 2.97. The van der Waals surface area contributed by atoms with Crippen LogP contribution in [0.5, 0.6) is 0 Å². The second-order valence-corrected chi connectivity index (χ2v) is 5.80. The number of carbonyl (C=O) groups excluding carboxylic acids is 1. The van der Waals surface area contributed by atoms with Crippen molar-refractivity contribution in [2.45, 2.75) is 31.2 Å². The predicted molar refractivity (Wildman–Crippen MR) is 72.6 cm³/mol. The van der Waals surface area contributed by atoms with Crippen LogP contribution in [-0.4, -0.2) is 11.4 Å². The van der Waals surface area contributed by atoms with E-state index in [1.54, 1.807) is 0 Å². The van der Waals surface area contributed by atoms with Crippen molar-refractivity contribution in [1.29, 1.82) is 0 Å². The molecule has 1 aliphatic heterocycles. The van der Waals surface area contributed by atoms with E-state index in [9.17, 15) is 4.79 Å². The zero-order chi connectivity index (χ0) is 11.2. The summed E-state index contributed by atoms with van der Waals surface area (Å²) in [5, 5.41) is 6.46. The average molecular weight is 328 g/mol. The van der Waals surface area contributed by atoms with Gasteiger partial charge in [-0.05, 0) is 53.6 Å². The van der Waals surface area contributed by atoms with Gasteiger partial charge in [0, 0.05) is 3.57 Å². The number of fused-ring (bicyclic) bond motifs is 1. The lowest BCUT2D eigenvalue weighted by Crippen LogP contribution is -2.50. The molecule has 1 spiro atoms. The van der Waals surface area contributed by atoms with Gasteiger partial charge >= 0.3 is 0 Å².